The van der Waals surface area contributed by atoms with Gasteiger partial charge in [0.2, 0.25) is 0 Å². The summed E-state index contributed by atoms with van der Waals surface area (Å²) in [6.07, 6.45) is 11.4. The van der Waals surface area contributed by atoms with E-state index in [4.69, 9.17) is 0 Å². The minimum absolute atomic E-state index is 0. The van der Waals surface area contributed by atoms with Crippen LogP contribution in [0.15, 0.2) is 23.1 Å². The van der Waals surface area contributed by atoms with Crippen molar-refractivity contribution in [1.82, 2.24) is 0 Å². The predicted molar refractivity (Wildman–Crippen MR) is 99.3 cm³/mol. The molecule has 5 heteroatoms. The zero-order valence-corrected chi connectivity index (χ0v) is 19.3. The van der Waals surface area contributed by atoms with Crippen molar-refractivity contribution in [2.75, 3.05) is 0 Å². The number of unbranched alkanes of at least 4 members (excludes halogenated alkanes) is 2. The van der Waals surface area contributed by atoms with Gasteiger partial charge in [-0.15, -0.1) is 0 Å². The van der Waals surface area contributed by atoms with Crippen molar-refractivity contribution in [3.8, 4) is 0 Å². The standard InChI is InChI=1S/C20H34O3S.Na/c1-4-7-12-17(11-5-2)13-8-9-14-18-15-10-16-20(19(18)6-3)24(21,22)23;/h10,15-17H,4-9,11-14H2,1-3H3,(H,21,22,23);/q;+1/p-1. The summed E-state index contributed by atoms with van der Waals surface area (Å²) in [4.78, 5) is -0.0331. The molecule has 0 radical (unpaired) electrons. The summed E-state index contributed by atoms with van der Waals surface area (Å²) in [7, 11) is -4.38. The summed E-state index contributed by atoms with van der Waals surface area (Å²) >= 11 is 0. The Morgan fingerprint density at radius 1 is 0.960 bits per heavy atom. The van der Waals surface area contributed by atoms with Crippen LogP contribution in [0.3, 0.4) is 0 Å². The molecule has 0 N–H and O–H groups in total. The van der Waals surface area contributed by atoms with E-state index in [1.54, 1.807) is 6.07 Å². The average Bonchev–Trinajstić information content (AvgIpc) is 2.55. The third-order valence-corrected chi connectivity index (χ3v) is 5.75. The summed E-state index contributed by atoms with van der Waals surface area (Å²) in [5.74, 6) is 0.828. The number of aryl methyl sites for hydroxylation is 1. The Morgan fingerprint density at radius 2 is 1.64 bits per heavy atom. The molecule has 1 aromatic rings. The fraction of sp³-hybridized carbons (Fsp3) is 0.700. The van der Waals surface area contributed by atoms with Crippen LogP contribution in [0.1, 0.15) is 83.3 Å². The molecule has 0 aliphatic rings. The van der Waals surface area contributed by atoms with Gasteiger partial charge in [0, 0.05) is 0 Å². The largest absolute Gasteiger partial charge is 1.00 e. The first-order chi connectivity index (χ1) is 11.4. The van der Waals surface area contributed by atoms with Crippen LogP contribution in [-0.2, 0) is 23.0 Å². The maximum atomic E-state index is 11.4. The van der Waals surface area contributed by atoms with Crippen LogP contribution < -0.4 is 29.6 Å². The Hall–Kier alpha value is 0.130. The molecule has 25 heavy (non-hydrogen) atoms. The summed E-state index contributed by atoms with van der Waals surface area (Å²) in [6.45, 7) is 6.41. The molecule has 0 saturated carbocycles. The smallest absolute Gasteiger partial charge is 0.744 e. The van der Waals surface area contributed by atoms with E-state index in [0.717, 1.165) is 24.3 Å². The van der Waals surface area contributed by atoms with Crippen LogP contribution in [0.25, 0.3) is 0 Å². The SMILES string of the molecule is CCCCC(CCC)CCCCc1cccc(S(=O)(=O)[O-])c1CC.[Na+]. The second kappa shape index (κ2) is 13.3. The van der Waals surface area contributed by atoms with Gasteiger partial charge in [0.15, 0.2) is 0 Å². The van der Waals surface area contributed by atoms with Gasteiger partial charge in [-0.3, -0.25) is 0 Å². The van der Waals surface area contributed by atoms with Crippen LogP contribution in [0.4, 0.5) is 0 Å². The summed E-state index contributed by atoms with van der Waals surface area (Å²) in [6, 6.07) is 5.10. The Bertz CT molecular complexity index is 585. The van der Waals surface area contributed by atoms with Crippen LogP contribution in [0.5, 0.6) is 0 Å². The van der Waals surface area contributed by atoms with Crippen molar-refractivity contribution in [3.63, 3.8) is 0 Å². The minimum atomic E-state index is -4.38. The van der Waals surface area contributed by atoms with E-state index in [0.29, 0.717) is 12.0 Å². The molecule has 0 spiro atoms. The van der Waals surface area contributed by atoms with E-state index in [2.05, 4.69) is 13.8 Å². The number of hydrogen-bond donors (Lipinski definition) is 0. The zero-order valence-electron chi connectivity index (χ0n) is 16.5. The molecule has 0 bridgehead atoms. The normalized spacial score (nSPS) is 12.6. The maximum Gasteiger partial charge on any atom is 1.00 e. The summed E-state index contributed by atoms with van der Waals surface area (Å²) in [5.41, 5.74) is 1.73. The van der Waals surface area contributed by atoms with Gasteiger partial charge in [0.05, 0.1) is 4.90 Å². The third kappa shape index (κ3) is 9.05. The van der Waals surface area contributed by atoms with E-state index in [1.807, 2.05) is 13.0 Å². The van der Waals surface area contributed by atoms with Crippen molar-refractivity contribution in [3.05, 3.63) is 29.3 Å². The Kier molecular flexibility index (Phi) is 13.4. The van der Waals surface area contributed by atoms with E-state index in [-0.39, 0.29) is 34.5 Å². The van der Waals surface area contributed by atoms with Crippen molar-refractivity contribution in [2.45, 2.75) is 89.9 Å². The molecule has 1 unspecified atom stereocenters. The molecule has 0 saturated heterocycles. The molecule has 0 heterocycles. The van der Waals surface area contributed by atoms with E-state index >= 15 is 0 Å². The predicted octanol–water partition coefficient (Wildman–Crippen LogP) is 2.48. The van der Waals surface area contributed by atoms with Crippen molar-refractivity contribution in [1.29, 1.82) is 0 Å². The average molecular weight is 377 g/mol. The first kappa shape index (κ1) is 25.1. The molecular weight excluding hydrogens is 343 g/mol. The summed E-state index contributed by atoms with van der Waals surface area (Å²) < 4.78 is 34.2. The second-order valence-electron chi connectivity index (χ2n) is 6.74. The molecule has 0 amide bonds. The van der Waals surface area contributed by atoms with E-state index in [9.17, 15) is 13.0 Å². The van der Waals surface area contributed by atoms with Gasteiger partial charge in [-0.1, -0.05) is 77.8 Å². The van der Waals surface area contributed by atoms with Crippen LogP contribution >= 0.6 is 0 Å². The maximum absolute atomic E-state index is 11.4. The van der Waals surface area contributed by atoms with Crippen LogP contribution in [0, 0.1) is 5.92 Å². The molecule has 0 aliphatic heterocycles. The van der Waals surface area contributed by atoms with Gasteiger partial charge in [-0.2, -0.15) is 0 Å². The minimum Gasteiger partial charge on any atom is -0.744 e. The number of hydrogen-bond acceptors (Lipinski definition) is 3. The molecule has 3 nitrogen and oxygen atoms in total. The first-order valence-corrected chi connectivity index (χ1v) is 10.9. The zero-order chi connectivity index (χ0) is 18.0. The van der Waals surface area contributed by atoms with Gasteiger partial charge in [0.25, 0.3) is 0 Å². The Morgan fingerprint density at radius 3 is 2.20 bits per heavy atom. The number of rotatable bonds is 12. The Labute approximate surface area is 177 Å². The first-order valence-electron chi connectivity index (χ1n) is 9.50. The molecule has 0 aliphatic carbocycles. The van der Waals surface area contributed by atoms with Crippen molar-refractivity contribution in [2.24, 2.45) is 5.92 Å². The van der Waals surface area contributed by atoms with E-state index in [1.165, 1.54) is 51.0 Å². The van der Waals surface area contributed by atoms with E-state index < -0.39 is 10.1 Å². The fourth-order valence-electron chi connectivity index (χ4n) is 3.56. The van der Waals surface area contributed by atoms with Crippen LogP contribution in [0.2, 0.25) is 0 Å². The molecule has 138 valence electrons. The molecule has 1 aromatic carbocycles. The van der Waals surface area contributed by atoms with Crippen molar-refractivity contribution >= 4 is 10.1 Å². The van der Waals surface area contributed by atoms with Crippen LogP contribution in [-0.4, -0.2) is 13.0 Å². The van der Waals surface area contributed by atoms with Crippen molar-refractivity contribution < 1.29 is 42.5 Å². The van der Waals surface area contributed by atoms with Gasteiger partial charge in [-0.05, 0) is 42.4 Å². The number of benzene rings is 1. The topological polar surface area (TPSA) is 57.2 Å². The molecular formula is C20H33NaO3S. The molecule has 0 aromatic heterocycles. The van der Waals surface area contributed by atoms with Gasteiger partial charge >= 0.3 is 29.6 Å². The quantitative estimate of drug-likeness (QED) is 0.320. The Balaban J connectivity index is 0.00000576. The fourth-order valence-corrected chi connectivity index (χ4v) is 4.39. The third-order valence-electron chi connectivity index (χ3n) is 4.82. The van der Waals surface area contributed by atoms with Gasteiger partial charge < -0.3 is 4.55 Å². The van der Waals surface area contributed by atoms with Gasteiger partial charge in [0.1, 0.15) is 10.1 Å². The van der Waals surface area contributed by atoms with Gasteiger partial charge in [-0.25, -0.2) is 8.42 Å². The monoisotopic (exact) mass is 376 g/mol. The molecule has 1 rings (SSSR count). The summed E-state index contributed by atoms with van der Waals surface area (Å²) in [5, 5.41) is 0. The molecule has 0 fully saturated rings. The second-order valence-corrected chi connectivity index (χ2v) is 8.09. The molecule has 1 atom stereocenters.